The van der Waals surface area contributed by atoms with Crippen molar-refractivity contribution in [3.63, 3.8) is 0 Å². The second kappa shape index (κ2) is 5.05. The first-order valence-corrected chi connectivity index (χ1v) is 6.74. The van der Waals surface area contributed by atoms with Gasteiger partial charge < -0.3 is 15.1 Å². The van der Waals surface area contributed by atoms with E-state index in [-0.39, 0.29) is 11.9 Å². The summed E-state index contributed by atoms with van der Waals surface area (Å²) in [6.45, 7) is 4.05. The van der Waals surface area contributed by atoms with Crippen LogP contribution in [0.25, 0.3) is 11.0 Å². The van der Waals surface area contributed by atoms with E-state index in [1.807, 2.05) is 24.3 Å². The summed E-state index contributed by atoms with van der Waals surface area (Å²) in [6.07, 6.45) is 0.965. The van der Waals surface area contributed by atoms with E-state index < -0.39 is 0 Å². The SMILES string of the molecule is CC1CNCCC1NC(=O)c1cc2ccccc2o1. The summed E-state index contributed by atoms with van der Waals surface area (Å²) in [7, 11) is 0. The van der Waals surface area contributed by atoms with Crippen LogP contribution in [-0.2, 0) is 0 Å². The number of hydrogen-bond donors (Lipinski definition) is 2. The quantitative estimate of drug-likeness (QED) is 0.868. The van der Waals surface area contributed by atoms with E-state index in [9.17, 15) is 4.79 Å². The lowest BCUT2D eigenvalue weighted by Crippen LogP contribution is -2.48. The van der Waals surface area contributed by atoms with Crippen molar-refractivity contribution in [2.75, 3.05) is 13.1 Å². The van der Waals surface area contributed by atoms with Crippen molar-refractivity contribution < 1.29 is 9.21 Å². The molecule has 1 saturated heterocycles. The molecule has 3 rings (SSSR count). The molecule has 100 valence electrons. The first-order chi connectivity index (χ1) is 9.24. The van der Waals surface area contributed by atoms with Gasteiger partial charge in [-0.2, -0.15) is 0 Å². The maximum Gasteiger partial charge on any atom is 0.287 e. The number of furan rings is 1. The minimum absolute atomic E-state index is 0.116. The molecule has 0 aliphatic carbocycles. The van der Waals surface area contributed by atoms with Crippen LogP contribution in [-0.4, -0.2) is 25.0 Å². The molecule has 1 fully saturated rings. The van der Waals surface area contributed by atoms with Crippen molar-refractivity contribution in [2.45, 2.75) is 19.4 Å². The fraction of sp³-hybridized carbons (Fsp3) is 0.400. The number of nitrogens with one attached hydrogen (secondary N) is 2. The Morgan fingerprint density at radius 3 is 3.05 bits per heavy atom. The molecule has 2 unspecified atom stereocenters. The smallest absolute Gasteiger partial charge is 0.287 e. The predicted octanol–water partition coefficient (Wildman–Crippen LogP) is 2.16. The van der Waals surface area contributed by atoms with Crippen LogP contribution in [0, 0.1) is 5.92 Å². The topological polar surface area (TPSA) is 54.3 Å². The minimum atomic E-state index is -0.116. The molecule has 0 radical (unpaired) electrons. The van der Waals surface area contributed by atoms with E-state index in [2.05, 4.69) is 17.6 Å². The second-order valence-electron chi connectivity index (χ2n) is 5.20. The first kappa shape index (κ1) is 12.2. The lowest BCUT2D eigenvalue weighted by Gasteiger charge is -2.29. The molecule has 4 heteroatoms. The molecule has 2 atom stereocenters. The molecule has 19 heavy (non-hydrogen) atoms. The summed E-state index contributed by atoms with van der Waals surface area (Å²) in [4.78, 5) is 12.2. The van der Waals surface area contributed by atoms with Crippen LogP contribution in [0.15, 0.2) is 34.7 Å². The number of fused-ring (bicyclic) bond motifs is 1. The maximum absolute atomic E-state index is 12.2. The van der Waals surface area contributed by atoms with Crippen molar-refractivity contribution in [3.05, 3.63) is 36.1 Å². The summed E-state index contributed by atoms with van der Waals surface area (Å²) >= 11 is 0. The number of carbonyl (C=O) groups is 1. The van der Waals surface area contributed by atoms with Crippen molar-refractivity contribution in [2.24, 2.45) is 5.92 Å². The van der Waals surface area contributed by atoms with Crippen LogP contribution in [0.2, 0.25) is 0 Å². The Kier molecular flexibility index (Phi) is 3.25. The largest absolute Gasteiger partial charge is 0.451 e. The summed E-state index contributed by atoms with van der Waals surface area (Å²) in [5.41, 5.74) is 0.756. The monoisotopic (exact) mass is 258 g/mol. The van der Waals surface area contributed by atoms with Crippen molar-refractivity contribution in [1.29, 1.82) is 0 Å². The molecule has 1 aliphatic heterocycles. The molecule has 1 aliphatic rings. The Morgan fingerprint density at radius 1 is 1.42 bits per heavy atom. The average Bonchev–Trinajstić information content (AvgIpc) is 2.85. The van der Waals surface area contributed by atoms with E-state index in [0.717, 1.165) is 30.5 Å². The van der Waals surface area contributed by atoms with Gasteiger partial charge in [-0.05, 0) is 37.6 Å². The zero-order valence-corrected chi connectivity index (χ0v) is 11.0. The lowest BCUT2D eigenvalue weighted by atomic mass is 9.95. The molecule has 2 aromatic rings. The lowest BCUT2D eigenvalue weighted by molar-refractivity contribution is 0.0888. The van der Waals surface area contributed by atoms with Crippen LogP contribution in [0.4, 0.5) is 0 Å². The Hall–Kier alpha value is -1.81. The van der Waals surface area contributed by atoms with E-state index in [0.29, 0.717) is 11.7 Å². The van der Waals surface area contributed by atoms with E-state index in [1.54, 1.807) is 6.07 Å². The van der Waals surface area contributed by atoms with Crippen molar-refractivity contribution >= 4 is 16.9 Å². The van der Waals surface area contributed by atoms with Gasteiger partial charge in [0, 0.05) is 11.4 Å². The van der Waals surface area contributed by atoms with Crippen LogP contribution >= 0.6 is 0 Å². The zero-order chi connectivity index (χ0) is 13.2. The van der Waals surface area contributed by atoms with Gasteiger partial charge in [0.15, 0.2) is 5.76 Å². The summed E-state index contributed by atoms with van der Waals surface area (Å²) in [6, 6.07) is 9.69. The number of piperidine rings is 1. The molecule has 4 nitrogen and oxygen atoms in total. The number of hydrogen-bond acceptors (Lipinski definition) is 3. The molecule has 2 N–H and O–H groups in total. The third-order valence-electron chi connectivity index (χ3n) is 3.75. The van der Waals surface area contributed by atoms with Crippen LogP contribution in [0.3, 0.4) is 0 Å². The van der Waals surface area contributed by atoms with E-state index >= 15 is 0 Å². The number of carbonyl (C=O) groups excluding carboxylic acids is 1. The first-order valence-electron chi connectivity index (χ1n) is 6.74. The summed E-state index contributed by atoms with van der Waals surface area (Å²) in [5, 5.41) is 7.36. The van der Waals surface area contributed by atoms with Gasteiger partial charge >= 0.3 is 0 Å². The molecule has 1 amide bonds. The van der Waals surface area contributed by atoms with E-state index in [1.165, 1.54) is 0 Å². The van der Waals surface area contributed by atoms with Crippen LogP contribution < -0.4 is 10.6 Å². The van der Waals surface area contributed by atoms with Gasteiger partial charge in [0.2, 0.25) is 0 Å². The molecule has 1 aromatic heterocycles. The molecule has 0 spiro atoms. The number of amides is 1. The second-order valence-corrected chi connectivity index (χ2v) is 5.20. The third-order valence-corrected chi connectivity index (χ3v) is 3.75. The maximum atomic E-state index is 12.2. The van der Waals surface area contributed by atoms with E-state index in [4.69, 9.17) is 4.42 Å². The van der Waals surface area contributed by atoms with Gasteiger partial charge in [-0.3, -0.25) is 4.79 Å². The van der Waals surface area contributed by atoms with Crippen LogP contribution in [0.1, 0.15) is 23.9 Å². The molecule has 0 bridgehead atoms. The van der Waals surface area contributed by atoms with Crippen LogP contribution in [0.5, 0.6) is 0 Å². The standard InChI is InChI=1S/C15H18N2O2/c1-10-9-16-7-6-12(10)17-15(18)14-8-11-4-2-3-5-13(11)19-14/h2-5,8,10,12,16H,6-7,9H2,1H3,(H,17,18). The highest BCUT2D eigenvalue weighted by molar-refractivity contribution is 5.96. The average molecular weight is 258 g/mol. The van der Waals surface area contributed by atoms with Gasteiger partial charge in [0.05, 0.1) is 0 Å². The minimum Gasteiger partial charge on any atom is -0.451 e. The highest BCUT2D eigenvalue weighted by atomic mass is 16.3. The Labute approximate surface area is 112 Å². The van der Waals surface area contributed by atoms with Gasteiger partial charge in [-0.25, -0.2) is 0 Å². The van der Waals surface area contributed by atoms with Gasteiger partial charge in [0.25, 0.3) is 5.91 Å². The number of para-hydroxylation sites is 1. The molecule has 0 saturated carbocycles. The normalized spacial score (nSPS) is 23.4. The fourth-order valence-corrected chi connectivity index (χ4v) is 2.56. The zero-order valence-electron chi connectivity index (χ0n) is 11.0. The predicted molar refractivity (Wildman–Crippen MR) is 74.1 cm³/mol. The molecule has 1 aromatic carbocycles. The highest BCUT2D eigenvalue weighted by Crippen LogP contribution is 2.19. The molecule has 2 heterocycles. The number of rotatable bonds is 2. The number of benzene rings is 1. The molecular formula is C15H18N2O2. The Balaban J connectivity index is 1.76. The van der Waals surface area contributed by atoms with Crippen molar-refractivity contribution in [3.8, 4) is 0 Å². The Morgan fingerprint density at radius 2 is 2.26 bits per heavy atom. The third kappa shape index (κ3) is 2.49. The van der Waals surface area contributed by atoms with Gasteiger partial charge in [-0.15, -0.1) is 0 Å². The highest BCUT2D eigenvalue weighted by Gasteiger charge is 2.24. The summed E-state index contributed by atoms with van der Waals surface area (Å²) < 4.78 is 5.58. The summed E-state index contributed by atoms with van der Waals surface area (Å²) in [5.74, 6) is 0.726. The van der Waals surface area contributed by atoms with Crippen molar-refractivity contribution in [1.82, 2.24) is 10.6 Å². The van der Waals surface area contributed by atoms with Gasteiger partial charge in [0.1, 0.15) is 5.58 Å². The fourth-order valence-electron chi connectivity index (χ4n) is 2.56. The molecular weight excluding hydrogens is 240 g/mol. The van der Waals surface area contributed by atoms with Gasteiger partial charge in [-0.1, -0.05) is 25.1 Å². The Bertz CT molecular complexity index is 558.